The molecule has 4 aromatic carbocycles. The molecule has 9 heteroatoms. The molecule has 7 nitrogen and oxygen atoms in total. The van der Waals surface area contributed by atoms with Crippen LogP contribution in [-0.2, 0) is 4.79 Å². The van der Waals surface area contributed by atoms with Crippen molar-refractivity contribution in [3.63, 3.8) is 0 Å². The fraction of sp³-hybridized carbons (Fsp3) is 0.103. The number of nitrogens with zero attached hydrogens (tertiary/aromatic N) is 4. The van der Waals surface area contributed by atoms with E-state index in [0.717, 1.165) is 33.3 Å². The fourth-order valence-corrected chi connectivity index (χ4v) is 4.81. The van der Waals surface area contributed by atoms with Gasteiger partial charge in [0.25, 0.3) is 5.91 Å². The van der Waals surface area contributed by atoms with Gasteiger partial charge in [-0.15, -0.1) is 10.2 Å². The summed E-state index contributed by atoms with van der Waals surface area (Å²) in [6, 6.07) is 29.1. The largest absolute Gasteiger partial charge is 0.494 e. The third kappa shape index (κ3) is 5.88. The first kappa shape index (κ1) is 25.5. The summed E-state index contributed by atoms with van der Waals surface area (Å²) in [6.45, 7) is 2.53. The van der Waals surface area contributed by atoms with Crippen LogP contribution in [-0.4, -0.2) is 39.2 Å². The van der Waals surface area contributed by atoms with E-state index in [1.807, 2.05) is 102 Å². The number of hydrogen-bond acceptors (Lipinski definition) is 6. The summed E-state index contributed by atoms with van der Waals surface area (Å²) in [5.74, 6) is 1.28. The van der Waals surface area contributed by atoms with Crippen LogP contribution in [0.25, 0.3) is 27.8 Å². The molecule has 0 aliphatic heterocycles. The summed E-state index contributed by atoms with van der Waals surface area (Å²) in [6.07, 6.45) is 1.66. The van der Waals surface area contributed by atoms with E-state index in [9.17, 15) is 4.79 Å². The average Bonchev–Trinajstić information content (AvgIpc) is 3.37. The SMILES string of the molecule is CCOc1ccc(-n2c(SCC(=O)NN=Cc3cccc4ccccc34)nnc2-c2ccc(Cl)cc2)cc1. The van der Waals surface area contributed by atoms with Gasteiger partial charge in [0.05, 0.1) is 18.6 Å². The molecule has 1 amide bonds. The van der Waals surface area contributed by atoms with Crippen LogP contribution in [0.4, 0.5) is 0 Å². The maximum absolute atomic E-state index is 12.6. The Morgan fingerprint density at radius 3 is 2.55 bits per heavy atom. The molecule has 0 aliphatic carbocycles. The normalized spacial score (nSPS) is 11.2. The van der Waals surface area contributed by atoms with E-state index in [2.05, 4.69) is 20.7 Å². The van der Waals surface area contributed by atoms with Crippen molar-refractivity contribution < 1.29 is 9.53 Å². The van der Waals surface area contributed by atoms with Gasteiger partial charge in [0.1, 0.15) is 5.75 Å². The Kier molecular flexibility index (Phi) is 8.01. The second-order valence-electron chi connectivity index (χ2n) is 8.23. The summed E-state index contributed by atoms with van der Waals surface area (Å²) >= 11 is 7.36. The summed E-state index contributed by atoms with van der Waals surface area (Å²) in [4.78, 5) is 12.6. The van der Waals surface area contributed by atoms with Crippen molar-refractivity contribution >= 4 is 46.3 Å². The maximum atomic E-state index is 12.6. The third-order valence-electron chi connectivity index (χ3n) is 5.69. The van der Waals surface area contributed by atoms with Gasteiger partial charge in [-0.25, -0.2) is 5.43 Å². The Balaban J connectivity index is 1.33. The van der Waals surface area contributed by atoms with Gasteiger partial charge in [-0.2, -0.15) is 5.10 Å². The van der Waals surface area contributed by atoms with Crippen molar-refractivity contribution in [1.82, 2.24) is 20.2 Å². The molecule has 1 heterocycles. The van der Waals surface area contributed by atoms with Gasteiger partial charge in [-0.3, -0.25) is 9.36 Å². The van der Waals surface area contributed by atoms with E-state index in [1.54, 1.807) is 6.21 Å². The topological polar surface area (TPSA) is 81.4 Å². The molecule has 0 fully saturated rings. The zero-order chi connectivity index (χ0) is 26.3. The third-order valence-corrected chi connectivity index (χ3v) is 6.87. The summed E-state index contributed by atoms with van der Waals surface area (Å²) in [5.41, 5.74) is 5.24. The Labute approximate surface area is 229 Å². The fourth-order valence-electron chi connectivity index (χ4n) is 3.94. The van der Waals surface area contributed by atoms with Crippen LogP contribution >= 0.6 is 23.4 Å². The predicted molar refractivity (Wildman–Crippen MR) is 153 cm³/mol. The summed E-state index contributed by atoms with van der Waals surface area (Å²) < 4.78 is 7.49. The van der Waals surface area contributed by atoms with E-state index in [1.165, 1.54) is 11.8 Å². The van der Waals surface area contributed by atoms with Gasteiger partial charge in [0, 0.05) is 21.8 Å². The minimum Gasteiger partial charge on any atom is -0.494 e. The van der Waals surface area contributed by atoms with Crippen molar-refractivity contribution in [2.75, 3.05) is 12.4 Å². The van der Waals surface area contributed by atoms with E-state index in [-0.39, 0.29) is 11.7 Å². The summed E-state index contributed by atoms with van der Waals surface area (Å²) in [7, 11) is 0. The van der Waals surface area contributed by atoms with Crippen LogP contribution < -0.4 is 10.2 Å². The van der Waals surface area contributed by atoms with Crippen molar-refractivity contribution in [1.29, 1.82) is 0 Å². The highest BCUT2D eigenvalue weighted by molar-refractivity contribution is 7.99. The summed E-state index contributed by atoms with van der Waals surface area (Å²) in [5, 5.41) is 16.4. The number of fused-ring (bicyclic) bond motifs is 1. The molecule has 0 saturated heterocycles. The zero-order valence-corrected chi connectivity index (χ0v) is 22.1. The van der Waals surface area contributed by atoms with Crippen molar-refractivity contribution in [3.8, 4) is 22.8 Å². The number of halogens is 1. The van der Waals surface area contributed by atoms with Crippen molar-refractivity contribution in [3.05, 3.63) is 102 Å². The Morgan fingerprint density at radius 2 is 1.76 bits per heavy atom. The molecule has 0 bridgehead atoms. The quantitative estimate of drug-likeness (QED) is 0.133. The van der Waals surface area contributed by atoms with Crippen LogP contribution in [0, 0.1) is 0 Å². The Morgan fingerprint density at radius 1 is 1.00 bits per heavy atom. The number of carbonyl (C=O) groups is 1. The second-order valence-corrected chi connectivity index (χ2v) is 9.60. The lowest BCUT2D eigenvalue weighted by molar-refractivity contribution is -0.118. The van der Waals surface area contributed by atoms with E-state index in [0.29, 0.717) is 22.6 Å². The highest BCUT2D eigenvalue weighted by Crippen LogP contribution is 2.29. The highest BCUT2D eigenvalue weighted by atomic mass is 35.5. The number of nitrogens with one attached hydrogen (secondary N) is 1. The number of hydrogen-bond donors (Lipinski definition) is 1. The molecule has 0 atom stereocenters. The van der Waals surface area contributed by atoms with E-state index in [4.69, 9.17) is 16.3 Å². The van der Waals surface area contributed by atoms with Gasteiger partial charge in [-0.05, 0) is 66.2 Å². The number of rotatable bonds is 9. The maximum Gasteiger partial charge on any atom is 0.250 e. The molecule has 190 valence electrons. The van der Waals surface area contributed by atoms with Crippen molar-refractivity contribution in [2.45, 2.75) is 12.1 Å². The number of amides is 1. The molecule has 0 aliphatic rings. The van der Waals surface area contributed by atoms with E-state index < -0.39 is 0 Å². The van der Waals surface area contributed by atoms with E-state index >= 15 is 0 Å². The van der Waals surface area contributed by atoms with Gasteiger partial charge in [0.15, 0.2) is 11.0 Å². The number of hydrazone groups is 1. The molecule has 0 unspecified atom stereocenters. The lowest BCUT2D eigenvalue weighted by Crippen LogP contribution is -2.20. The number of ether oxygens (including phenoxy) is 1. The van der Waals surface area contributed by atoms with Crippen LogP contribution in [0.5, 0.6) is 5.75 Å². The molecule has 1 N–H and O–H groups in total. The molecular weight excluding hydrogens is 518 g/mol. The molecule has 5 aromatic rings. The van der Waals surface area contributed by atoms with Gasteiger partial charge in [0.2, 0.25) is 0 Å². The Hall–Kier alpha value is -4.14. The molecule has 5 rings (SSSR count). The van der Waals surface area contributed by atoms with Crippen molar-refractivity contribution in [2.24, 2.45) is 5.10 Å². The minimum absolute atomic E-state index is 0.114. The first-order valence-electron chi connectivity index (χ1n) is 12.0. The molecule has 0 radical (unpaired) electrons. The monoisotopic (exact) mass is 541 g/mol. The number of thioether (sulfide) groups is 1. The van der Waals surface area contributed by atoms with Crippen LogP contribution in [0.3, 0.4) is 0 Å². The molecule has 1 aromatic heterocycles. The molecular formula is C29H24ClN5O2S. The van der Waals surface area contributed by atoms with Gasteiger partial charge < -0.3 is 4.74 Å². The standard InChI is InChI=1S/C29H24ClN5O2S/c1-2-37-25-16-14-24(15-17-25)35-28(21-10-12-23(30)13-11-21)33-34-29(35)38-19-27(36)32-31-18-22-8-5-7-20-6-3-4-9-26(20)22/h3-18H,2,19H2,1H3,(H,32,36). The zero-order valence-electron chi connectivity index (χ0n) is 20.5. The predicted octanol–water partition coefficient (Wildman–Crippen LogP) is 6.38. The van der Waals surface area contributed by atoms with Gasteiger partial charge >= 0.3 is 0 Å². The number of aromatic nitrogens is 3. The molecule has 38 heavy (non-hydrogen) atoms. The van der Waals surface area contributed by atoms with Gasteiger partial charge in [-0.1, -0.05) is 65.8 Å². The minimum atomic E-state index is -0.249. The average molecular weight is 542 g/mol. The smallest absolute Gasteiger partial charge is 0.250 e. The first-order chi connectivity index (χ1) is 18.6. The van der Waals surface area contributed by atoms with Crippen LogP contribution in [0.15, 0.2) is 101 Å². The number of benzene rings is 4. The lowest BCUT2D eigenvalue weighted by Gasteiger charge is -2.11. The Bertz CT molecular complexity index is 1580. The second kappa shape index (κ2) is 11.9. The lowest BCUT2D eigenvalue weighted by atomic mass is 10.1. The first-order valence-corrected chi connectivity index (χ1v) is 13.4. The number of carbonyl (C=O) groups excluding carboxylic acids is 1. The molecule has 0 saturated carbocycles. The molecule has 0 spiro atoms. The highest BCUT2D eigenvalue weighted by Gasteiger charge is 2.17. The van der Waals surface area contributed by atoms with Crippen LogP contribution in [0.1, 0.15) is 12.5 Å². The van der Waals surface area contributed by atoms with Crippen LogP contribution in [0.2, 0.25) is 5.02 Å².